The van der Waals surface area contributed by atoms with E-state index in [2.05, 4.69) is 0 Å². The van der Waals surface area contributed by atoms with Crippen LogP contribution in [0.15, 0.2) is 15.4 Å². The van der Waals surface area contributed by atoms with Gasteiger partial charge in [0.15, 0.2) is 0 Å². The average molecular weight is 197 g/mol. The Hall–Kier alpha value is -1.32. The average Bonchev–Trinajstić information content (AvgIpc) is 2.26. The van der Waals surface area contributed by atoms with Crippen LogP contribution in [0, 0.1) is 12.3 Å². The van der Waals surface area contributed by atoms with Gasteiger partial charge in [-0.2, -0.15) is 0 Å². The summed E-state index contributed by atoms with van der Waals surface area (Å²) >= 11 is 0. The van der Waals surface area contributed by atoms with Gasteiger partial charge in [0.05, 0.1) is 0 Å². The molecule has 1 aromatic rings. The second-order valence-corrected chi connectivity index (χ2v) is 4.61. The summed E-state index contributed by atoms with van der Waals surface area (Å²) < 4.78 is 5.80. The zero-order chi connectivity index (χ0) is 10.9. The van der Waals surface area contributed by atoms with E-state index in [4.69, 9.17) is 4.52 Å². The zero-order valence-electron chi connectivity index (χ0n) is 8.96. The fourth-order valence-corrected chi connectivity index (χ4v) is 1.15. The second kappa shape index (κ2) is 3.44. The molecule has 0 fully saturated rings. The zero-order valence-corrected chi connectivity index (χ0v) is 8.96. The predicted octanol–water partition coefficient (Wildman–Crippen LogP) is 1.83. The van der Waals surface area contributed by atoms with Gasteiger partial charge in [0.1, 0.15) is 5.76 Å². The molecule has 0 saturated heterocycles. The third kappa shape index (κ3) is 2.58. The fraction of sp³-hybridized carbons (Fsp3) is 0.600. The predicted molar refractivity (Wildman–Crippen MR) is 52.4 cm³/mol. The molecule has 1 rings (SSSR count). The Labute approximate surface area is 82.5 Å². The van der Waals surface area contributed by atoms with Crippen LogP contribution in [0.1, 0.15) is 37.7 Å². The second-order valence-electron chi connectivity index (χ2n) is 4.61. The number of rotatable bonds is 1. The first-order chi connectivity index (χ1) is 6.29. The lowest BCUT2D eigenvalue weighted by Crippen LogP contribution is -2.25. The highest BCUT2D eigenvalue weighted by Crippen LogP contribution is 2.18. The number of hydrogen-bond donors (Lipinski definition) is 0. The van der Waals surface area contributed by atoms with Crippen LogP contribution in [0.3, 0.4) is 0 Å². The molecule has 0 unspecified atom stereocenters. The van der Waals surface area contributed by atoms with Gasteiger partial charge >= 0.3 is 0 Å². The Morgan fingerprint density at radius 3 is 2.43 bits per heavy atom. The maximum Gasteiger partial charge on any atom is 0.290 e. The first kappa shape index (κ1) is 10.8. The SMILES string of the molecule is Cc1cc(=O)n(C(=O)CC(C)(C)C)o1. The first-order valence-corrected chi connectivity index (χ1v) is 4.53. The molecule has 0 atom stereocenters. The third-order valence-corrected chi connectivity index (χ3v) is 1.67. The van der Waals surface area contributed by atoms with Crippen molar-refractivity contribution in [2.75, 3.05) is 0 Å². The monoisotopic (exact) mass is 197 g/mol. The molecule has 0 aliphatic rings. The third-order valence-electron chi connectivity index (χ3n) is 1.67. The molecule has 0 saturated carbocycles. The molecule has 0 radical (unpaired) electrons. The van der Waals surface area contributed by atoms with Gasteiger partial charge in [-0.3, -0.25) is 9.59 Å². The van der Waals surface area contributed by atoms with E-state index in [1.807, 2.05) is 20.8 Å². The molecule has 0 aliphatic heterocycles. The molecule has 0 bridgehead atoms. The number of hydrogen-bond acceptors (Lipinski definition) is 3. The minimum absolute atomic E-state index is 0.142. The minimum atomic E-state index is -0.392. The summed E-state index contributed by atoms with van der Waals surface area (Å²) in [5, 5.41) is 0. The van der Waals surface area contributed by atoms with Gasteiger partial charge in [0, 0.05) is 12.5 Å². The molecular formula is C10H15NO3. The quantitative estimate of drug-likeness (QED) is 0.690. The molecule has 0 N–H and O–H groups in total. The van der Waals surface area contributed by atoms with Crippen molar-refractivity contribution >= 4 is 5.91 Å². The molecule has 4 nitrogen and oxygen atoms in total. The summed E-state index contributed by atoms with van der Waals surface area (Å²) in [5.41, 5.74) is -0.534. The highest BCUT2D eigenvalue weighted by atomic mass is 16.5. The van der Waals surface area contributed by atoms with Crippen LogP contribution in [0.2, 0.25) is 0 Å². The lowest BCUT2D eigenvalue weighted by molar-refractivity contribution is 0.0721. The van der Waals surface area contributed by atoms with Gasteiger partial charge in [-0.15, -0.1) is 4.74 Å². The van der Waals surface area contributed by atoms with E-state index < -0.39 is 5.56 Å². The van der Waals surface area contributed by atoms with Crippen molar-refractivity contribution in [1.82, 2.24) is 4.74 Å². The molecule has 4 heteroatoms. The Morgan fingerprint density at radius 1 is 1.50 bits per heavy atom. The van der Waals surface area contributed by atoms with Crippen molar-refractivity contribution in [3.05, 3.63) is 22.2 Å². The Kier molecular flexibility index (Phi) is 2.64. The lowest BCUT2D eigenvalue weighted by Gasteiger charge is -2.15. The molecule has 0 spiro atoms. The summed E-state index contributed by atoms with van der Waals surface area (Å²) in [4.78, 5) is 22.8. The number of aromatic nitrogens is 1. The molecule has 1 aromatic heterocycles. The van der Waals surface area contributed by atoms with E-state index in [0.29, 0.717) is 12.2 Å². The Bertz CT molecular complexity index is 392. The summed E-state index contributed by atoms with van der Waals surface area (Å²) in [5.74, 6) is 0.160. The molecular weight excluding hydrogens is 182 g/mol. The standard InChI is InChI=1S/C10H15NO3/c1-7-5-8(12)11(14-7)9(13)6-10(2,3)4/h5H,6H2,1-4H3. The molecule has 78 valence electrons. The summed E-state index contributed by atoms with van der Waals surface area (Å²) in [6.07, 6.45) is 0.292. The van der Waals surface area contributed by atoms with Crippen LogP contribution in [-0.4, -0.2) is 10.6 Å². The Balaban J connectivity index is 2.91. The van der Waals surface area contributed by atoms with Crippen LogP contribution in [0.25, 0.3) is 0 Å². The van der Waals surface area contributed by atoms with Crippen molar-refractivity contribution in [1.29, 1.82) is 0 Å². The van der Waals surface area contributed by atoms with E-state index in [-0.39, 0.29) is 11.3 Å². The normalized spacial score (nSPS) is 11.7. The number of carbonyl (C=O) groups is 1. The molecule has 0 amide bonds. The van der Waals surface area contributed by atoms with E-state index in [1.54, 1.807) is 6.92 Å². The molecule has 0 aromatic carbocycles. The Morgan fingerprint density at radius 2 is 2.07 bits per heavy atom. The van der Waals surface area contributed by atoms with E-state index in [0.717, 1.165) is 4.74 Å². The van der Waals surface area contributed by atoms with Crippen molar-refractivity contribution in [2.45, 2.75) is 34.1 Å². The summed E-state index contributed by atoms with van der Waals surface area (Å²) in [6, 6.07) is 1.31. The molecule has 1 heterocycles. The van der Waals surface area contributed by atoms with Gasteiger partial charge in [-0.05, 0) is 12.3 Å². The van der Waals surface area contributed by atoms with Crippen LogP contribution in [0.4, 0.5) is 0 Å². The van der Waals surface area contributed by atoms with Crippen molar-refractivity contribution in [3.8, 4) is 0 Å². The largest absolute Gasteiger partial charge is 0.373 e. The first-order valence-electron chi connectivity index (χ1n) is 4.53. The minimum Gasteiger partial charge on any atom is -0.373 e. The molecule has 0 aliphatic carbocycles. The number of carbonyl (C=O) groups excluding carboxylic acids is 1. The fourth-order valence-electron chi connectivity index (χ4n) is 1.15. The van der Waals surface area contributed by atoms with Crippen LogP contribution < -0.4 is 5.56 Å². The van der Waals surface area contributed by atoms with Gasteiger partial charge in [-0.25, -0.2) is 0 Å². The number of nitrogens with zero attached hydrogens (tertiary/aromatic N) is 1. The smallest absolute Gasteiger partial charge is 0.290 e. The molecule has 14 heavy (non-hydrogen) atoms. The lowest BCUT2D eigenvalue weighted by atomic mass is 9.92. The number of aryl methyl sites for hydroxylation is 1. The topological polar surface area (TPSA) is 52.2 Å². The highest BCUT2D eigenvalue weighted by molar-refractivity contribution is 5.77. The van der Waals surface area contributed by atoms with E-state index >= 15 is 0 Å². The van der Waals surface area contributed by atoms with E-state index in [9.17, 15) is 9.59 Å². The maximum absolute atomic E-state index is 11.6. The van der Waals surface area contributed by atoms with E-state index in [1.165, 1.54) is 6.07 Å². The van der Waals surface area contributed by atoms with Crippen LogP contribution >= 0.6 is 0 Å². The maximum atomic E-state index is 11.6. The van der Waals surface area contributed by atoms with Crippen LogP contribution in [0.5, 0.6) is 0 Å². The van der Waals surface area contributed by atoms with Crippen molar-refractivity contribution in [3.63, 3.8) is 0 Å². The van der Waals surface area contributed by atoms with Gasteiger partial charge in [-0.1, -0.05) is 20.8 Å². The van der Waals surface area contributed by atoms with Crippen molar-refractivity contribution in [2.24, 2.45) is 5.41 Å². The van der Waals surface area contributed by atoms with Gasteiger partial charge < -0.3 is 4.52 Å². The van der Waals surface area contributed by atoms with Crippen molar-refractivity contribution < 1.29 is 9.32 Å². The van der Waals surface area contributed by atoms with Crippen LogP contribution in [-0.2, 0) is 0 Å². The summed E-state index contributed by atoms with van der Waals surface area (Å²) in [6.45, 7) is 7.45. The van der Waals surface area contributed by atoms with Gasteiger partial charge in [0.25, 0.3) is 11.5 Å². The van der Waals surface area contributed by atoms with Gasteiger partial charge in [0.2, 0.25) is 0 Å². The summed E-state index contributed by atoms with van der Waals surface area (Å²) in [7, 11) is 0. The highest BCUT2D eigenvalue weighted by Gasteiger charge is 2.20.